The zero-order chi connectivity index (χ0) is 19.7. The summed E-state index contributed by atoms with van der Waals surface area (Å²) in [4.78, 5) is 41.3. The lowest BCUT2D eigenvalue weighted by molar-refractivity contribution is -0.135. The van der Waals surface area contributed by atoms with Crippen LogP contribution in [0.15, 0.2) is 42.5 Å². The van der Waals surface area contributed by atoms with Gasteiger partial charge in [0, 0.05) is 11.9 Å². The zero-order valence-electron chi connectivity index (χ0n) is 16.1. The Labute approximate surface area is 164 Å². The fourth-order valence-electron chi connectivity index (χ4n) is 4.46. The predicted octanol–water partition coefficient (Wildman–Crippen LogP) is 3.45. The monoisotopic (exact) mass is 379 g/mol. The number of likely N-dealkylation sites (N-methyl/N-ethyl adjacent to an activating group) is 1. The second kappa shape index (κ2) is 7.26. The molecule has 6 nitrogen and oxygen atoms in total. The summed E-state index contributed by atoms with van der Waals surface area (Å²) in [7, 11) is 0. The van der Waals surface area contributed by atoms with E-state index in [1.54, 1.807) is 4.90 Å². The number of fused-ring (bicyclic) bond motifs is 1. The summed E-state index contributed by atoms with van der Waals surface area (Å²) in [5, 5.41) is 4.88. The van der Waals surface area contributed by atoms with Gasteiger partial charge >= 0.3 is 6.03 Å². The maximum atomic E-state index is 13.1. The number of urea groups is 1. The molecule has 2 aromatic rings. The topological polar surface area (TPSA) is 69.7 Å². The van der Waals surface area contributed by atoms with Crippen molar-refractivity contribution in [2.45, 2.75) is 44.6 Å². The minimum atomic E-state index is -0.800. The lowest BCUT2D eigenvalue weighted by Crippen LogP contribution is -2.49. The van der Waals surface area contributed by atoms with Gasteiger partial charge in [-0.2, -0.15) is 0 Å². The van der Waals surface area contributed by atoms with Crippen LogP contribution in [0, 0.1) is 0 Å². The van der Waals surface area contributed by atoms with Gasteiger partial charge in [0.15, 0.2) is 0 Å². The minimum absolute atomic E-state index is 0.233. The second-order valence-corrected chi connectivity index (χ2v) is 7.60. The van der Waals surface area contributed by atoms with E-state index in [0.717, 1.165) is 40.6 Å². The van der Waals surface area contributed by atoms with Crippen LogP contribution in [0.25, 0.3) is 10.8 Å². The largest absolute Gasteiger partial charge is 0.325 e. The second-order valence-electron chi connectivity index (χ2n) is 7.60. The van der Waals surface area contributed by atoms with E-state index in [1.807, 2.05) is 49.4 Å². The zero-order valence-corrected chi connectivity index (χ0v) is 16.1. The van der Waals surface area contributed by atoms with Crippen LogP contribution in [0.2, 0.25) is 0 Å². The van der Waals surface area contributed by atoms with Crippen LogP contribution >= 0.6 is 0 Å². The average molecular weight is 379 g/mol. The number of amides is 4. The van der Waals surface area contributed by atoms with Gasteiger partial charge in [-0.25, -0.2) is 4.79 Å². The summed E-state index contributed by atoms with van der Waals surface area (Å²) in [5.41, 5.74) is -0.00317. The van der Waals surface area contributed by atoms with E-state index < -0.39 is 11.6 Å². The van der Waals surface area contributed by atoms with Gasteiger partial charge < -0.3 is 10.2 Å². The summed E-state index contributed by atoms with van der Waals surface area (Å²) < 4.78 is 0. The molecule has 1 aliphatic carbocycles. The molecule has 1 spiro atoms. The smallest absolute Gasteiger partial charge is 0.323 e. The summed E-state index contributed by atoms with van der Waals surface area (Å²) in [6.45, 7) is 2.12. The molecule has 0 bridgehead atoms. The first-order valence-electron chi connectivity index (χ1n) is 9.98. The number of carbonyl (C=O) groups excluding carboxylic acids is 3. The number of hydrogen-bond acceptors (Lipinski definition) is 3. The first-order chi connectivity index (χ1) is 13.6. The predicted molar refractivity (Wildman–Crippen MR) is 108 cm³/mol. The van der Waals surface area contributed by atoms with Gasteiger partial charge in [0.2, 0.25) is 5.91 Å². The van der Waals surface area contributed by atoms with Crippen LogP contribution in [0.3, 0.4) is 0 Å². The summed E-state index contributed by atoms with van der Waals surface area (Å²) >= 11 is 0. The highest BCUT2D eigenvalue weighted by atomic mass is 16.2. The molecular formula is C22H25N3O3. The van der Waals surface area contributed by atoms with Crippen molar-refractivity contribution < 1.29 is 14.4 Å². The van der Waals surface area contributed by atoms with Gasteiger partial charge in [-0.05, 0) is 31.2 Å². The maximum absolute atomic E-state index is 13.1. The lowest BCUT2D eigenvalue weighted by atomic mass is 9.82. The number of imide groups is 1. The maximum Gasteiger partial charge on any atom is 0.325 e. The third-order valence-electron chi connectivity index (χ3n) is 5.92. The number of carbonyl (C=O) groups is 3. The number of nitrogens with one attached hydrogen (secondary N) is 1. The Bertz CT molecular complexity index is 928. The number of rotatable bonds is 4. The van der Waals surface area contributed by atoms with Crippen molar-refractivity contribution in [1.29, 1.82) is 0 Å². The van der Waals surface area contributed by atoms with Gasteiger partial charge in [-0.1, -0.05) is 55.7 Å². The Morgan fingerprint density at radius 2 is 1.79 bits per heavy atom. The molecule has 1 aliphatic heterocycles. The van der Waals surface area contributed by atoms with Crippen molar-refractivity contribution >= 4 is 34.3 Å². The number of hydrogen-bond donors (Lipinski definition) is 1. The van der Waals surface area contributed by atoms with E-state index in [9.17, 15) is 14.4 Å². The standard InChI is InChI=1S/C22H25N3O3/c1-2-24(18-12-8-10-16-9-4-5-11-17(16)18)19(26)15-25-20(27)22(23-21(25)28)13-6-3-7-14-22/h4-5,8-12H,2-3,6-7,13-15H2,1H3,(H,23,28). The van der Waals surface area contributed by atoms with Crippen molar-refractivity contribution in [3.05, 3.63) is 42.5 Å². The molecule has 1 saturated heterocycles. The molecule has 2 fully saturated rings. The molecule has 0 aromatic heterocycles. The van der Waals surface area contributed by atoms with E-state index in [2.05, 4.69) is 5.32 Å². The molecule has 2 aromatic carbocycles. The van der Waals surface area contributed by atoms with E-state index in [0.29, 0.717) is 19.4 Å². The van der Waals surface area contributed by atoms with Crippen molar-refractivity contribution in [3.63, 3.8) is 0 Å². The third-order valence-corrected chi connectivity index (χ3v) is 5.92. The fourth-order valence-corrected chi connectivity index (χ4v) is 4.46. The third kappa shape index (κ3) is 3.03. The van der Waals surface area contributed by atoms with Gasteiger partial charge in [0.1, 0.15) is 12.1 Å². The summed E-state index contributed by atoms with van der Waals surface area (Å²) in [5.74, 6) is -0.505. The quantitative estimate of drug-likeness (QED) is 0.827. The SMILES string of the molecule is CCN(C(=O)CN1C(=O)NC2(CCCCC2)C1=O)c1cccc2ccccc12. The molecule has 6 heteroatoms. The average Bonchev–Trinajstić information content (AvgIpc) is 2.93. The van der Waals surface area contributed by atoms with Crippen LogP contribution in [0.4, 0.5) is 10.5 Å². The molecule has 28 heavy (non-hydrogen) atoms. The molecular weight excluding hydrogens is 354 g/mol. The van der Waals surface area contributed by atoms with E-state index in [-0.39, 0.29) is 18.4 Å². The van der Waals surface area contributed by atoms with Crippen LogP contribution in [-0.4, -0.2) is 41.4 Å². The molecule has 146 valence electrons. The first kappa shape index (κ1) is 18.5. The Balaban J connectivity index is 1.58. The van der Waals surface area contributed by atoms with Crippen molar-refractivity contribution in [2.24, 2.45) is 0 Å². The number of nitrogens with zero attached hydrogens (tertiary/aromatic N) is 2. The van der Waals surface area contributed by atoms with Gasteiger partial charge in [0.05, 0.1) is 5.69 Å². The fraction of sp³-hybridized carbons (Fsp3) is 0.409. The number of anilines is 1. The van der Waals surface area contributed by atoms with E-state index >= 15 is 0 Å². The van der Waals surface area contributed by atoms with Gasteiger partial charge in [-0.15, -0.1) is 0 Å². The summed E-state index contributed by atoms with van der Waals surface area (Å²) in [6, 6.07) is 13.2. The minimum Gasteiger partial charge on any atom is -0.323 e. The number of benzene rings is 2. The Morgan fingerprint density at radius 1 is 1.07 bits per heavy atom. The summed E-state index contributed by atoms with van der Waals surface area (Å²) in [6.07, 6.45) is 4.23. The van der Waals surface area contributed by atoms with E-state index in [4.69, 9.17) is 0 Å². The van der Waals surface area contributed by atoms with Crippen molar-refractivity contribution in [1.82, 2.24) is 10.2 Å². The van der Waals surface area contributed by atoms with Crippen LogP contribution in [-0.2, 0) is 9.59 Å². The van der Waals surface area contributed by atoms with E-state index in [1.165, 1.54) is 0 Å². The molecule has 4 amide bonds. The van der Waals surface area contributed by atoms with Crippen LogP contribution < -0.4 is 10.2 Å². The molecule has 2 aliphatic rings. The highest BCUT2D eigenvalue weighted by molar-refractivity contribution is 6.11. The first-order valence-corrected chi connectivity index (χ1v) is 9.98. The molecule has 1 heterocycles. The molecule has 0 atom stereocenters. The molecule has 0 radical (unpaired) electrons. The molecule has 1 N–H and O–H groups in total. The lowest BCUT2D eigenvalue weighted by Gasteiger charge is -2.30. The highest BCUT2D eigenvalue weighted by Gasteiger charge is 2.51. The van der Waals surface area contributed by atoms with Crippen molar-refractivity contribution in [3.8, 4) is 0 Å². The van der Waals surface area contributed by atoms with Crippen LogP contribution in [0.1, 0.15) is 39.0 Å². The Hall–Kier alpha value is -2.89. The highest BCUT2D eigenvalue weighted by Crippen LogP contribution is 2.34. The normalized spacial score (nSPS) is 18.5. The Kier molecular flexibility index (Phi) is 4.79. The van der Waals surface area contributed by atoms with Gasteiger partial charge in [0.25, 0.3) is 5.91 Å². The molecule has 4 rings (SSSR count). The molecule has 0 unspecified atom stereocenters. The van der Waals surface area contributed by atoms with Gasteiger partial charge in [-0.3, -0.25) is 14.5 Å². The Morgan fingerprint density at radius 3 is 2.54 bits per heavy atom. The van der Waals surface area contributed by atoms with Crippen LogP contribution in [0.5, 0.6) is 0 Å². The molecule has 1 saturated carbocycles. The van der Waals surface area contributed by atoms with Crippen molar-refractivity contribution in [2.75, 3.05) is 18.0 Å².